The Bertz CT molecular complexity index is 1970. The Morgan fingerprint density at radius 3 is 1.74 bits per heavy atom. The van der Waals surface area contributed by atoms with E-state index in [1.54, 1.807) is 0 Å². The van der Waals surface area contributed by atoms with Crippen molar-refractivity contribution < 1.29 is 0 Å². The van der Waals surface area contributed by atoms with Crippen LogP contribution in [0.25, 0.3) is 38.6 Å². The third-order valence-electron chi connectivity index (χ3n) is 8.32. The van der Waals surface area contributed by atoms with Crippen molar-refractivity contribution in [3.63, 3.8) is 0 Å². The van der Waals surface area contributed by atoms with Gasteiger partial charge in [-0.15, -0.1) is 0 Å². The highest BCUT2D eigenvalue weighted by molar-refractivity contribution is 6.32. The normalized spacial score (nSPS) is 13.5. The monoisotopic (exact) mass is 517 g/mol. The number of fused-ring (bicyclic) bond motifs is 6. The fourth-order valence-electron chi connectivity index (χ4n) is 6.89. The summed E-state index contributed by atoms with van der Waals surface area (Å²) in [5.74, 6) is 0. The lowest BCUT2D eigenvalue weighted by molar-refractivity contribution is 0.777. The molecule has 0 saturated carbocycles. The lowest BCUT2D eigenvalue weighted by Gasteiger charge is -2.34. The summed E-state index contributed by atoms with van der Waals surface area (Å²) in [7, 11) is 0. The van der Waals surface area contributed by atoms with Gasteiger partial charge in [-0.2, -0.15) is 0 Å². The maximum atomic E-state index is 7.08. The van der Waals surface area contributed by atoms with Crippen molar-refractivity contribution in [2.45, 2.75) is 5.41 Å². The van der Waals surface area contributed by atoms with Crippen LogP contribution < -0.4 is 0 Å². The van der Waals surface area contributed by atoms with Crippen molar-refractivity contribution in [2.24, 2.45) is 0 Å². The molecule has 1 nitrogen and oxygen atoms in total. The summed E-state index contributed by atoms with van der Waals surface area (Å²) >= 11 is 7.08. The zero-order chi connectivity index (χ0) is 26.0. The van der Waals surface area contributed by atoms with Crippen molar-refractivity contribution in [3.05, 3.63) is 173 Å². The summed E-state index contributed by atoms with van der Waals surface area (Å²) in [6.07, 6.45) is 0. The average molecular weight is 518 g/mol. The van der Waals surface area contributed by atoms with Crippen LogP contribution in [-0.4, -0.2) is 4.57 Å². The van der Waals surface area contributed by atoms with Gasteiger partial charge >= 0.3 is 0 Å². The zero-order valence-electron chi connectivity index (χ0n) is 21.2. The van der Waals surface area contributed by atoms with Crippen molar-refractivity contribution in [2.75, 3.05) is 0 Å². The largest absolute Gasteiger partial charge is 0.309 e. The number of rotatable bonds is 3. The maximum absolute atomic E-state index is 7.08. The summed E-state index contributed by atoms with van der Waals surface area (Å²) in [4.78, 5) is 0. The minimum atomic E-state index is -0.525. The lowest BCUT2D eigenvalue weighted by atomic mass is 9.66. The maximum Gasteiger partial charge on any atom is 0.0720 e. The van der Waals surface area contributed by atoms with E-state index in [9.17, 15) is 0 Å². The first-order valence-electron chi connectivity index (χ1n) is 13.3. The fraction of sp³-hybridized carbons (Fsp3) is 0.0270. The second-order valence-electron chi connectivity index (χ2n) is 10.2. The van der Waals surface area contributed by atoms with Crippen LogP contribution in [0.4, 0.5) is 0 Å². The van der Waals surface area contributed by atoms with E-state index in [0.717, 1.165) is 16.2 Å². The predicted octanol–water partition coefficient (Wildman–Crippen LogP) is 9.80. The third kappa shape index (κ3) is 3.02. The molecular formula is C37H24ClN. The molecule has 0 aliphatic heterocycles. The van der Waals surface area contributed by atoms with Crippen LogP contribution in [0.5, 0.6) is 0 Å². The standard InChI is InChI=1S/C37H24ClN/c38-26-23-33(36-30-19-9-12-22-34(30)39(35(36)24-26)27-15-5-2-6-16-27)37(25-13-3-1-4-14-25)31-20-10-7-17-28(31)29-18-8-11-21-32(29)37/h1-24H. The first kappa shape index (κ1) is 22.4. The number of nitrogens with zero attached hydrogens (tertiary/aromatic N) is 1. The molecule has 0 atom stereocenters. The molecule has 0 bridgehead atoms. The number of hydrogen-bond donors (Lipinski definition) is 0. The van der Waals surface area contributed by atoms with E-state index < -0.39 is 5.41 Å². The Morgan fingerprint density at radius 2 is 1.05 bits per heavy atom. The highest BCUT2D eigenvalue weighted by Gasteiger charge is 2.47. The van der Waals surface area contributed by atoms with Gasteiger partial charge in [0.2, 0.25) is 0 Å². The van der Waals surface area contributed by atoms with E-state index >= 15 is 0 Å². The minimum Gasteiger partial charge on any atom is -0.309 e. The van der Waals surface area contributed by atoms with Crippen LogP contribution in [0.1, 0.15) is 22.3 Å². The Hall–Kier alpha value is -4.59. The van der Waals surface area contributed by atoms with E-state index in [0.29, 0.717) is 0 Å². The van der Waals surface area contributed by atoms with Gasteiger partial charge in [-0.25, -0.2) is 0 Å². The van der Waals surface area contributed by atoms with E-state index in [1.807, 2.05) is 0 Å². The molecule has 0 saturated heterocycles. The number of hydrogen-bond acceptors (Lipinski definition) is 0. The number of aromatic nitrogens is 1. The number of benzene rings is 6. The molecule has 8 rings (SSSR count). The van der Waals surface area contributed by atoms with Crippen LogP contribution in [0.3, 0.4) is 0 Å². The van der Waals surface area contributed by atoms with Crippen LogP contribution in [0, 0.1) is 0 Å². The van der Waals surface area contributed by atoms with Gasteiger partial charge in [0.25, 0.3) is 0 Å². The molecular weight excluding hydrogens is 494 g/mol. The van der Waals surface area contributed by atoms with E-state index in [1.165, 1.54) is 49.7 Å². The Kier molecular flexibility index (Phi) is 4.86. The lowest BCUT2D eigenvalue weighted by Crippen LogP contribution is -2.29. The molecule has 2 heteroatoms. The molecule has 1 aromatic heterocycles. The highest BCUT2D eigenvalue weighted by atomic mass is 35.5. The second kappa shape index (κ2) is 8.46. The Balaban J connectivity index is 1.63. The summed E-state index contributed by atoms with van der Waals surface area (Å²) in [5.41, 5.74) is 10.5. The molecule has 0 amide bonds. The van der Waals surface area contributed by atoms with Crippen molar-refractivity contribution in [1.29, 1.82) is 0 Å². The van der Waals surface area contributed by atoms with E-state index in [-0.39, 0.29) is 0 Å². The molecule has 184 valence electrons. The predicted molar refractivity (Wildman–Crippen MR) is 163 cm³/mol. The third-order valence-corrected chi connectivity index (χ3v) is 8.53. The summed E-state index contributed by atoms with van der Waals surface area (Å²) < 4.78 is 2.35. The van der Waals surface area contributed by atoms with Crippen molar-refractivity contribution in [1.82, 2.24) is 4.57 Å². The summed E-state index contributed by atoms with van der Waals surface area (Å²) in [6, 6.07) is 52.3. The molecule has 0 fully saturated rings. The summed E-state index contributed by atoms with van der Waals surface area (Å²) in [6.45, 7) is 0. The number of halogens is 1. The van der Waals surface area contributed by atoms with E-state index in [4.69, 9.17) is 11.6 Å². The smallest absolute Gasteiger partial charge is 0.0720 e. The van der Waals surface area contributed by atoms with Crippen LogP contribution in [0.2, 0.25) is 5.02 Å². The SMILES string of the molecule is Clc1cc(C2(c3ccccc3)c3ccccc3-c3ccccc32)c2c3ccccc3n(-c3ccccc3)c2c1. The molecule has 0 N–H and O–H groups in total. The molecule has 1 heterocycles. The van der Waals surface area contributed by atoms with Gasteiger partial charge in [0.1, 0.15) is 0 Å². The van der Waals surface area contributed by atoms with Crippen LogP contribution >= 0.6 is 11.6 Å². The molecule has 1 aliphatic carbocycles. The fourth-order valence-corrected chi connectivity index (χ4v) is 7.11. The quantitative estimate of drug-likeness (QED) is 0.220. The molecule has 6 aromatic carbocycles. The first-order chi connectivity index (χ1) is 19.3. The summed E-state index contributed by atoms with van der Waals surface area (Å²) in [5, 5.41) is 3.18. The minimum absolute atomic E-state index is 0.525. The van der Waals surface area contributed by atoms with E-state index in [2.05, 4.69) is 150 Å². The van der Waals surface area contributed by atoms with Gasteiger partial charge in [-0.1, -0.05) is 127 Å². The molecule has 1 aliphatic rings. The Morgan fingerprint density at radius 1 is 0.487 bits per heavy atom. The van der Waals surface area contributed by atoms with Gasteiger partial charge in [-0.05, 0) is 63.7 Å². The Labute approximate surface area is 232 Å². The highest BCUT2D eigenvalue weighted by Crippen LogP contribution is 2.58. The topological polar surface area (TPSA) is 4.93 Å². The zero-order valence-corrected chi connectivity index (χ0v) is 21.9. The molecule has 0 spiro atoms. The van der Waals surface area contributed by atoms with Gasteiger partial charge in [-0.3, -0.25) is 0 Å². The van der Waals surface area contributed by atoms with Gasteiger partial charge in [0, 0.05) is 21.5 Å². The molecule has 39 heavy (non-hydrogen) atoms. The molecule has 0 radical (unpaired) electrons. The second-order valence-corrected chi connectivity index (χ2v) is 10.7. The van der Waals surface area contributed by atoms with Crippen molar-refractivity contribution in [3.8, 4) is 16.8 Å². The van der Waals surface area contributed by atoms with Gasteiger partial charge < -0.3 is 4.57 Å². The molecule has 0 unspecified atom stereocenters. The van der Waals surface area contributed by atoms with Crippen molar-refractivity contribution >= 4 is 33.4 Å². The van der Waals surface area contributed by atoms with Crippen LogP contribution in [0.15, 0.2) is 146 Å². The van der Waals surface area contributed by atoms with Gasteiger partial charge in [0.05, 0.1) is 16.4 Å². The average Bonchev–Trinajstić information content (AvgIpc) is 3.48. The van der Waals surface area contributed by atoms with Crippen LogP contribution in [-0.2, 0) is 5.41 Å². The number of para-hydroxylation sites is 2. The van der Waals surface area contributed by atoms with Gasteiger partial charge in [0.15, 0.2) is 0 Å². The first-order valence-corrected chi connectivity index (χ1v) is 13.7. The molecule has 7 aromatic rings.